The first-order chi connectivity index (χ1) is 11.1. The molecule has 0 saturated heterocycles. The monoisotopic (exact) mass is 336 g/mol. The van der Waals surface area contributed by atoms with Crippen molar-refractivity contribution in [3.8, 4) is 0 Å². The van der Waals surface area contributed by atoms with Gasteiger partial charge in [-0.2, -0.15) is 13.2 Å². The number of amides is 1. The van der Waals surface area contributed by atoms with E-state index in [0.717, 1.165) is 12.1 Å². The third-order valence-electron chi connectivity index (χ3n) is 3.81. The number of carbonyl (C=O) groups excluding carboxylic acids is 1. The Bertz CT molecular complexity index is 739. The van der Waals surface area contributed by atoms with E-state index in [9.17, 15) is 18.0 Å². The molecule has 0 spiro atoms. The van der Waals surface area contributed by atoms with Crippen molar-refractivity contribution in [1.82, 2.24) is 5.32 Å². The lowest BCUT2D eigenvalue weighted by Gasteiger charge is -2.26. The number of rotatable bonds is 4. The van der Waals surface area contributed by atoms with Crippen molar-refractivity contribution < 1.29 is 18.0 Å². The second-order valence-electron chi connectivity index (χ2n) is 6.27. The van der Waals surface area contributed by atoms with Crippen LogP contribution in [0, 0.1) is 0 Å². The third kappa shape index (κ3) is 4.28. The molecule has 0 aliphatic carbocycles. The van der Waals surface area contributed by atoms with Gasteiger partial charge in [-0.3, -0.25) is 4.79 Å². The molecule has 0 unspecified atom stereocenters. The van der Waals surface area contributed by atoms with Crippen molar-refractivity contribution in [3.63, 3.8) is 0 Å². The highest BCUT2D eigenvalue weighted by Crippen LogP contribution is 2.32. The topological polar surface area (TPSA) is 55.1 Å². The number of benzene rings is 2. The average Bonchev–Trinajstić information content (AvgIpc) is 2.52. The molecule has 24 heavy (non-hydrogen) atoms. The lowest BCUT2D eigenvalue weighted by Crippen LogP contribution is -2.36. The smallest absolute Gasteiger partial charge is 0.399 e. The number of alkyl halides is 3. The van der Waals surface area contributed by atoms with Crippen molar-refractivity contribution in [3.05, 3.63) is 65.2 Å². The molecular formula is C18H19F3N2O. The number of nitrogens with two attached hydrogens (primary N) is 1. The summed E-state index contributed by atoms with van der Waals surface area (Å²) < 4.78 is 38.5. The molecule has 0 heterocycles. The van der Waals surface area contributed by atoms with Crippen LogP contribution in [0.25, 0.3) is 0 Å². The van der Waals surface area contributed by atoms with E-state index in [0.29, 0.717) is 16.8 Å². The largest absolute Gasteiger partial charge is 0.416 e. The van der Waals surface area contributed by atoms with Crippen molar-refractivity contribution in [2.24, 2.45) is 0 Å². The van der Waals surface area contributed by atoms with Crippen LogP contribution in [0.1, 0.15) is 35.3 Å². The van der Waals surface area contributed by atoms with E-state index >= 15 is 0 Å². The fourth-order valence-electron chi connectivity index (χ4n) is 2.30. The maximum Gasteiger partial charge on any atom is 0.416 e. The van der Waals surface area contributed by atoms with Gasteiger partial charge in [-0.25, -0.2) is 0 Å². The molecule has 0 aliphatic rings. The van der Waals surface area contributed by atoms with Crippen molar-refractivity contribution in [2.75, 3.05) is 12.3 Å². The van der Waals surface area contributed by atoms with Crippen LogP contribution in [0.4, 0.5) is 18.9 Å². The molecule has 128 valence electrons. The van der Waals surface area contributed by atoms with E-state index in [-0.39, 0.29) is 12.5 Å². The molecule has 2 aromatic rings. The van der Waals surface area contributed by atoms with Crippen LogP contribution < -0.4 is 11.1 Å². The van der Waals surface area contributed by atoms with Crippen LogP contribution in [-0.4, -0.2) is 12.5 Å². The van der Waals surface area contributed by atoms with Crippen LogP contribution in [0.15, 0.2) is 48.5 Å². The zero-order chi connectivity index (χ0) is 18.0. The molecule has 2 aromatic carbocycles. The highest BCUT2D eigenvalue weighted by Gasteiger charge is 2.32. The second-order valence-corrected chi connectivity index (χ2v) is 6.27. The van der Waals surface area contributed by atoms with Crippen molar-refractivity contribution >= 4 is 11.6 Å². The predicted molar refractivity (Wildman–Crippen MR) is 87.7 cm³/mol. The van der Waals surface area contributed by atoms with Gasteiger partial charge in [-0.15, -0.1) is 0 Å². The summed E-state index contributed by atoms with van der Waals surface area (Å²) in [5.74, 6) is -0.317. The Morgan fingerprint density at radius 1 is 1.04 bits per heavy atom. The van der Waals surface area contributed by atoms with Gasteiger partial charge < -0.3 is 11.1 Å². The van der Waals surface area contributed by atoms with Crippen LogP contribution in [0.5, 0.6) is 0 Å². The number of carbonyl (C=O) groups is 1. The van der Waals surface area contributed by atoms with Crippen LogP contribution in [-0.2, 0) is 11.6 Å². The van der Waals surface area contributed by atoms with E-state index in [2.05, 4.69) is 5.32 Å². The quantitative estimate of drug-likeness (QED) is 0.829. The summed E-state index contributed by atoms with van der Waals surface area (Å²) in [6, 6.07) is 11.7. The molecule has 3 nitrogen and oxygen atoms in total. The van der Waals surface area contributed by atoms with Gasteiger partial charge >= 0.3 is 6.18 Å². The molecule has 3 N–H and O–H groups in total. The summed E-state index contributed by atoms with van der Waals surface area (Å²) in [6.45, 7) is 3.76. The van der Waals surface area contributed by atoms with Gasteiger partial charge in [0.05, 0.1) is 5.56 Å². The van der Waals surface area contributed by atoms with E-state index in [1.807, 2.05) is 0 Å². The van der Waals surface area contributed by atoms with Gasteiger partial charge in [-0.05, 0) is 29.8 Å². The molecular weight excluding hydrogens is 317 g/mol. The maximum atomic E-state index is 12.8. The molecule has 1 amide bonds. The summed E-state index contributed by atoms with van der Waals surface area (Å²) in [6.07, 6.45) is -4.39. The molecule has 6 heteroatoms. The molecule has 0 atom stereocenters. The molecule has 0 radical (unpaired) electrons. The first kappa shape index (κ1) is 17.8. The van der Waals surface area contributed by atoms with E-state index in [4.69, 9.17) is 5.73 Å². The number of hydrogen-bond donors (Lipinski definition) is 2. The average molecular weight is 336 g/mol. The van der Waals surface area contributed by atoms with Crippen LogP contribution in [0.3, 0.4) is 0 Å². The minimum atomic E-state index is -4.39. The Kier molecular flexibility index (Phi) is 4.87. The van der Waals surface area contributed by atoms with Crippen molar-refractivity contribution in [2.45, 2.75) is 25.4 Å². The maximum absolute atomic E-state index is 12.8. The summed E-state index contributed by atoms with van der Waals surface area (Å²) in [7, 11) is 0. The van der Waals surface area contributed by atoms with Gasteiger partial charge in [0.2, 0.25) is 0 Å². The molecule has 0 aromatic heterocycles. The minimum absolute atomic E-state index is 0.196. The Morgan fingerprint density at radius 2 is 1.67 bits per heavy atom. The number of anilines is 1. The molecule has 2 rings (SSSR count). The van der Waals surface area contributed by atoms with E-state index in [1.165, 1.54) is 6.07 Å². The fraction of sp³-hybridized carbons (Fsp3) is 0.278. The van der Waals surface area contributed by atoms with Crippen LogP contribution >= 0.6 is 0 Å². The number of nitrogen functional groups attached to an aromatic ring is 1. The van der Waals surface area contributed by atoms with Gasteiger partial charge in [0.1, 0.15) is 0 Å². The Hall–Kier alpha value is -2.50. The Morgan fingerprint density at radius 3 is 2.29 bits per heavy atom. The minimum Gasteiger partial charge on any atom is -0.399 e. The van der Waals surface area contributed by atoms with Gasteiger partial charge in [0.15, 0.2) is 0 Å². The van der Waals surface area contributed by atoms with Crippen molar-refractivity contribution in [1.29, 1.82) is 0 Å². The number of hydrogen-bond acceptors (Lipinski definition) is 2. The first-order valence-electron chi connectivity index (χ1n) is 7.41. The van der Waals surface area contributed by atoms with E-state index in [1.54, 1.807) is 44.2 Å². The summed E-state index contributed by atoms with van der Waals surface area (Å²) in [4.78, 5) is 12.2. The molecule has 0 fully saturated rings. The van der Waals surface area contributed by atoms with Gasteiger partial charge in [0, 0.05) is 23.2 Å². The van der Waals surface area contributed by atoms with Gasteiger partial charge in [-0.1, -0.05) is 38.1 Å². The molecule has 0 saturated carbocycles. The highest BCUT2D eigenvalue weighted by atomic mass is 19.4. The normalized spacial score (nSPS) is 12.0. The lowest BCUT2D eigenvalue weighted by atomic mass is 9.83. The van der Waals surface area contributed by atoms with E-state index < -0.39 is 17.2 Å². The SMILES string of the molecule is CC(C)(CNC(=O)c1cccc(N)c1)c1cccc(C(F)(F)F)c1. The summed E-state index contributed by atoms with van der Waals surface area (Å²) in [5, 5.41) is 2.75. The van der Waals surface area contributed by atoms with Crippen LogP contribution in [0.2, 0.25) is 0 Å². The van der Waals surface area contributed by atoms with Gasteiger partial charge in [0.25, 0.3) is 5.91 Å². The standard InChI is InChI=1S/C18H19F3N2O/c1-17(2,13-6-4-7-14(10-13)18(19,20)21)11-23-16(24)12-5-3-8-15(22)9-12/h3-10H,11,22H2,1-2H3,(H,23,24). The summed E-state index contributed by atoms with van der Waals surface area (Å²) in [5.41, 5.74) is 5.67. The second kappa shape index (κ2) is 6.55. The molecule has 0 bridgehead atoms. The predicted octanol–water partition coefficient (Wildman–Crippen LogP) is 4.00. The number of nitrogens with one attached hydrogen (secondary N) is 1. The molecule has 0 aliphatic heterocycles. The lowest BCUT2D eigenvalue weighted by molar-refractivity contribution is -0.137. The number of halogens is 3. The highest BCUT2D eigenvalue weighted by molar-refractivity contribution is 5.95. The zero-order valence-electron chi connectivity index (χ0n) is 13.4. The Balaban J connectivity index is 2.12. The Labute approximate surface area is 138 Å². The summed E-state index contributed by atoms with van der Waals surface area (Å²) >= 11 is 0. The fourth-order valence-corrected chi connectivity index (χ4v) is 2.30. The first-order valence-corrected chi connectivity index (χ1v) is 7.41. The zero-order valence-corrected chi connectivity index (χ0v) is 13.4. The third-order valence-corrected chi connectivity index (χ3v) is 3.81.